The highest BCUT2D eigenvalue weighted by Gasteiger charge is 2.21. The highest BCUT2D eigenvalue weighted by molar-refractivity contribution is 6.18. The minimum atomic E-state index is 0.798. The van der Waals surface area contributed by atoms with Crippen LogP contribution in [0.2, 0.25) is 0 Å². The normalized spacial score (nSPS) is 17.1. The van der Waals surface area contributed by atoms with E-state index in [2.05, 4.69) is 11.8 Å². The molecule has 0 aromatic rings. The van der Waals surface area contributed by atoms with Crippen LogP contribution >= 0.6 is 11.6 Å². The lowest BCUT2D eigenvalue weighted by molar-refractivity contribution is 0.205. The molecule has 0 amide bonds. The quantitative estimate of drug-likeness (QED) is 0.401. The van der Waals surface area contributed by atoms with Gasteiger partial charge in [-0.25, -0.2) is 0 Å². The molecule has 102 valence electrons. The molecular weight excluding hydrogens is 230 g/mol. The number of rotatable bonds is 10. The van der Waals surface area contributed by atoms with Crippen molar-refractivity contribution in [3.05, 3.63) is 0 Å². The van der Waals surface area contributed by atoms with Crippen LogP contribution in [0.15, 0.2) is 0 Å². The van der Waals surface area contributed by atoms with Gasteiger partial charge >= 0.3 is 0 Å². The summed E-state index contributed by atoms with van der Waals surface area (Å²) in [5, 5.41) is 0. The molecule has 1 saturated carbocycles. The van der Waals surface area contributed by atoms with Crippen molar-refractivity contribution in [2.24, 2.45) is 0 Å². The van der Waals surface area contributed by atoms with Crippen molar-refractivity contribution in [3.8, 4) is 0 Å². The van der Waals surface area contributed by atoms with Crippen molar-refractivity contribution < 1.29 is 0 Å². The van der Waals surface area contributed by atoms with Crippen LogP contribution in [0, 0.1) is 0 Å². The van der Waals surface area contributed by atoms with Gasteiger partial charge in [0.15, 0.2) is 0 Å². The minimum absolute atomic E-state index is 0.798. The topological polar surface area (TPSA) is 3.24 Å². The van der Waals surface area contributed by atoms with Crippen LogP contribution in [0.4, 0.5) is 0 Å². The third-order valence-corrected chi connectivity index (χ3v) is 4.18. The molecule has 0 N–H and O–H groups in total. The van der Waals surface area contributed by atoms with Crippen LogP contribution in [0.25, 0.3) is 0 Å². The summed E-state index contributed by atoms with van der Waals surface area (Å²) >= 11 is 5.91. The van der Waals surface area contributed by atoms with E-state index in [1.54, 1.807) is 0 Å². The number of hydrogen-bond acceptors (Lipinski definition) is 1. The second-order valence-corrected chi connectivity index (χ2v) is 5.81. The van der Waals surface area contributed by atoms with E-state index in [9.17, 15) is 0 Å². The van der Waals surface area contributed by atoms with Crippen molar-refractivity contribution in [1.82, 2.24) is 4.90 Å². The SMILES string of the molecule is CCCCCCCCN(CCCl)C1CCCC1. The zero-order valence-corrected chi connectivity index (χ0v) is 12.4. The van der Waals surface area contributed by atoms with Crippen LogP contribution in [0.5, 0.6) is 0 Å². The number of alkyl halides is 1. The Morgan fingerprint density at radius 3 is 2.24 bits per heavy atom. The van der Waals surface area contributed by atoms with Gasteiger partial charge in [-0.3, -0.25) is 4.90 Å². The van der Waals surface area contributed by atoms with Gasteiger partial charge in [0.2, 0.25) is 0 Å². The molecule has 0 unspecified atom stereocenters. The summed E-state index contributed by atoms with van der Waals surface area (Å²) in [6.45, 7) is 4.66. The lowest BCUT2D eigenvalue weighted by Gasteiger charge is -2.28. The second kappa shape index (κ2) is 10.2. The Hall–Kier alpha value is 0.250. The van der Waals surface area contributed by atoms with Crippen molar-refractivity contribution in [2.45, 2.75) is 77.2 Å². The average Bonchev–Trinajstić information content (AvgIpc) is 2.86. The first kappa shape index (κ1) is 15.3. The van der Waals surface area contributed by atoms with Crippen molar-refractivity contribution in [1.29, 1.82) is 0 Å². The number of unbranched alkanes of at least 4 members (excludes halogenated alkanes) is 5. The molecule has 0 atom stereocenters. The maximum Gasteiger partial charge on any atom is 0.0351 e. The summed E-state index contributed by atoms with van der Waals surface area (Å²) in [5.74, 6) is 0.798. The first-order valence-corrected chi connectivity index (χ1v) is 8.22. The van der Waals surface area contributed by atoms with Gasteiger partial charge in [-0.1, -0.05) is 51.9 Å². The summed E-state index contributed by atoms with van der Waals surface area (Å²) < 4.78 is 0. The lowest BCUT2D eigenvalue weighted by atomic mass is 10.1. The van der Waals surface area contributed by atoms with Gasteiger partial charge in [-0.15, -0.1) is 11.6 Å². The fraction of sp³-hybridized carbons (Fsp3) is 1.00. The highest BCUT2D eigenvalue weighted by Crippen LogP contribution is 2.23. The molecule has 0 aliphatic heterocycles. The summed E-state index contributed by atoms with van der Waals surface area (Å²) in [5.41, 5.74) is 0. The molecule has 2 heteroatoms. The van der Waals surface area contributed by atoms with E-state index in [1.807, 2.05) is 0 Å². The zero-order chi connectivity index (χ0) is 12.3. The molecule has 0 radical (unpaired) electrons. The summed E-state index contributed by atoms with van der Waals surface area (Å²) in [6.07, 6.45) is 14.1. The molecule has 1 fully saturated rings. The maximum absolute atomic E-state index is 5.91. The van der Waals surface area contributed by atoms with Crippen LogP contribution in [-0.2, 0) is 0 Å². The van der Waals surface area contributed by atoms with Crippen molar-refractivity contribution in [3.63, 3.8) is 0 Å². The summed E-state index contributed by atoms with van der Waals surface area (Å²) in [7, 11) is 0. The van der Waals surface area contributed by atoms with Crippen molar-refractivity contribution in [2.75, 3.05) is 19.0 Å². The molecule has 17 heavy (non-hydrogen) atoms. The highest BCUT2D eigenvalue weighted by atomic mass is 35.5. The molecule has 1 nitrogen and oxygen atoms in total. The molecule has 1 rings (SSSR count). The van der Waals surface area contributed by atoms with Gasteiger partial charge in [0.1, 0.15) is 0 Å². The van der Waals surface area contributed by atoms with Crippen LogP contribution in [0.3, 0.4) is 0 Å². The molecule has 0 spiro atoms. The van der Waals surface area contributed by atoms with Gasteiger partial charge in [-0.05, 0) is 25.8 Å². The number of nitrogens with zero attached hydrogens (tertiary/aromatic N) is 1. The molecule has 1 aliphatic rings. The standard InChI is InChI=1S/C15H30ClN/c1-2-3-4-5-6-9-13-17(14-12-16)15-10-7-8-11-15/h15H,2-14H2,1H3. The maximum atomic E-state index is 5.91. The Morgan fingerprint density at radius 1 is 0.941 bits per heavy atom. The Morgan fingerprint density at radius 2 is 1.59 bits per heavy atom. The van der Waals surface area contributed by atoms with Gasteiger partial charge in [-0.2, -0.15) is 0 Å². The first-order chi connectivity index (χ1) is 8.38. The predicted octanol–water partition coefficient (Wildman–Crippen LogP) is 4.83. The lowest BCUT2D eigenvalue weighted by Crippen LogP contribution is -2.35. The zero-order valence-electron chi connectivity index (χ0n) is 11.6. The average molecular weight is 260 g/mol. The Kier molecular flexibility index (Phi) is 9.18. The summed E-state index contributed by atoms with van der Waals surface area (Å²) in [6, 6.07) is 0.851. The summed E-state index contributed by atoms with van der Waals surface area (Å²) in [4.78, 5) is 2.65. The largest absolute Gasteiger partial charge is 0.299 e. The first-order valence-electron chi connectivity index (χ1n) is 7.68. The fourth-order valence-corrected chi connectivity index (χ4v) is 3.17. The van der Waals surface area contributed by atoms with Gasteiger partial charge in [0.25, 0.3) is 0 Å². The third-order valence-electron chi connectivity index (χ3n) is 4.01. The van der Waals surface area contributed by atoms with Gasteiger partial charge < -0.3 is 0 Å². The van der Waals surface area contributed by atoms with Crippen LogP contribution < -0.4 is 0 Å². The van der Waals surface area contributed by atoms with Crippen molar-refractivity contribution >= 4 is 11.6 Å². The number of hydrogen-bond donors (Lipinski definition) is 0. The molecule has 0 aromatic carbocycles. The van der Waals surface area contributed by atoms with E-state index < -0.39 is 0 Å². The number of halogens is 1. The van der Waals surface area contributed by atoms with E-state index in [4.69, 9.17) is 11.6 Å². The molecule has 0 heterocycles. The van der Waals surface area contributed by atoms with E-state index in [0.717, 1.165) is 18.5 Å². The predicted molar refractivity (Wildman–Crippen MR) is 77.9 cm³/mol. The third kappa shape index (κ3) is 6.67. The monoisotopic (exact) mass is 259 g/mol. The van der Waals surface area contributed by atoms with E-state index in [-0.39, 0.29) is 0 Å². The molecule has 0 aromatic heterocycles. The van der Waals surface area contributed by atoms with E-state index >= 15 is 0 Å². The van der Waals surface area contributed by atoms with Crippen LogP contribution in [0.1, 0.15) is 71.1 Å². The molecule has 0 saturated heterocycles. The Labute approximate surface area is 113 Å². The second-order valence-electron chi connectivity index (χ2n) is 5.43. The molecule has 0 bridgehead atoms. The molecule has 1 aliphatic carbocycles. The smallest absolute Gasteiger partial charge is 0.0351 e. The van der Waals surface area contributed by atoms with Crippen LogP contribution in [-0.4, -0.2) is 29.9 Å². The van der Waals surface area contributed by atoms with E-state index in [0.29, 0.717) is 0 Å². The Bertz CT molecular complexity index is 166. The Balaban J connectivity index is 2.07. The van der Waals surface area contributed by atoms with E-state index in [1.165, 1.54) is 70.8 Å². The fourth-order valence-electron chi connectivity index (χ4n) is 2.95. The van der Waals surface area contributed by atoms with Gasteiger partial charge in [0.05, 0.1) is 0 Å². The molecular formula is C15H30ClN. The minimum Gasteiger partial charge on any atom is -0.299 e. The van der Waals surface area contributed by atoms with Gasteiger partial charge in [0, 0.05) is 18.5 Å².